The summed E-state index contributed by atoms with van der Waals surface area (Å²) < 4.78 is 41.4. The van der Waals surface area contributed by atoms with E-state index in [1.165, 1.54) is 18.2 Å². The van der Waals surface area contributed by atoms with E-state index < -0.39 is 6.36 Å². The first-order valence-electron chi connectivity index (χ1n) is 9.26. The maximum Gasteiger partial charge on any atom is 0.573 e. The van der Waals surface area contributed by atoms with Crippen molar-refractivity contribution in [3.63, 3.8) is 0 Å². The third kappa shape index (κ3) is 6.81. The van der Waals surface area contributed by atoms with E-state index in [-0.39, 0.29) is 30.4 Å². The first-order valence-corrected chi connectivity index (χ1v) is 9.26. The van der Waals surface area contributed by atoms with Gasteiger partial charge < -0.3 is 15.0 Å². The largest absolute Gasteiger partial charge is 0.573 e. The highest BCUT2D eigenvalue weighted by Crippen LogP contribution is 2.27. The van der Waals surface area contributed by atoms with Crippen LogP contribution in [-0.4, -0.2) is 36.2 Å². The van der Waals surface area contributed by atoms with Crippen molar-refractivity contribution in [1.82, 2.24) is 4.90 Å². The third-order valence-electron chi connectivity index (χ3n) is 4.29. The maximum atomic E-state index is 12.5. The molecule has 0 saturated heterocycles. The normalized spacial score (nSPS) is 11.1. The maximum absolute atomic E-state index is 12.5. The number of hydrogen-bond donors (Lipinski definition) is 1. The van der Waals surface area contributed by atoms with E-state index in [4.69, 9.17) is 0 Å². The molecule has 8 heteroatoms. The summed E-state index contributed by atoms with van der Waals surface area (Å²) in [4.78, 5) is 26.1. The van der Waals surface area contributed by atoms with E-state index in [1.807, 2.05) is 13.8 Å². The molecule has 2 aromatic carbocycles. The van der Waals surface area contributed by atoms with Crippen LogP contribution in [0.3, 0.4) is 0 Å². The van der Waals surface area contributed by atoms with Gasteiger partial charge in [-0.15, -0.1) is 13.2 Å². The van der Waals surface area contributed by atoms with Crippen LogP contribution in [0.15, 0.2) is 48.5 Å². The fourth-order valence-electron chi connectivity index (χ4n) is 2.80. The molecule has 1 N–H and O–H groups in total. The van der Waals surface area contributed by atoms with Crippen molar-refractivity contribution >= 4 is 17.5 Å². The predicted octanol–water partition coefficient (Wildman–Crippen LogP) is 4.64. The smallest absolute Gasteiger partial charge is 0.406 e. The number of rotatable bonds is 8. The average Bonchev–Trinajstić information content (AvgIpc) is 2.67. The second kappa shape index (κ2) is 9.95. The van der Waals surface area contributed by atoms with Crippen LogP contribution in [0.4, 0.5) is 18.9 Å². The molecule has 0 aliphatic carbocycles. The summed E-state index contributed by atoms with van der Waals surface area (Å²) in [6.07, 6.45) is -4.71. The van der Waals surface area contributed by atoms with E-state index >= 15 is 0 Å². The molecule has 0 aliphatic rings. The lowest BCUT2D eigenvalue weighted by Gasteiger charge is -2.18. The van der Waals surface area contributed by atoms with Gasteiger partial charge in [0, 0.05) is 30.8 Å². The van der Waals surface area contributed by atoms with Crippen molar-refractivity contribution in [2.45, 2.75) is 33.1 Å². The van der Waals surface area contributed by atoms with Crippen LogP contribution in [0.2, 0.25) is 0 Å². The standard InChI is InChI=1S/C21H23F3N2O3/c1-3-26(4-2)20(28)16-9-12-17(13-10-16)25-19(27)14-11-15-7-5-6-8-18(15)29-21(22,23)24/h5-10,12-13H,3-4,11,14H2,1-2H3,(H,25,27). The Bertz CT molecular complexity index is 832. The summed E-state index contributed by atoms with van der Waals surface area (Å²) in [6, 6.07) is 12.2. The number of alkyl halides is 3. The SMILES string of the molecule is CCN(CC)C(=O)c1ccc(NC(=O)CCc2ccccc2OC(F)(F)F)cc1. The fourth-order valence-corrected chi connectivity index (χ4v) is 2.80. The first-order chi connectivity index (χ1) is 13.7. The topological polar surface area (TPSA) is 58.6 Å². The molecule has 0 spiro atoms. The molecule has 0 aromatic heterocycles. The number of carbonyl (C=O) groups is 2. The number of anilines is 1. The van der Waals surface area contributed by atoms with Gasteiger partial charge in [-0.05, 0) is 56.2 Å². The molecule has 2 amide bonds. The molecule has 2 aromatic rings. The number of para-hydroxylation sites is 1. The molecular weight excluding hydrogens is 385 g/mol. The Morgan fingerprint density at radius 1 is 1.00 bits per heavy atom. The van der Waals surface area contributed by atoms with Gasteiger partial charge in [-0.25, -0.2) is 0 Å². The zero-order valence-corrected chi connectivity index (χ0v) is 16.3. The second-order valence-corrected chi connectivity index (χ2v) is 6.26. The monoisotopic (exact) mass is 408 g/mol. The Hall–Kier alpha value is -3.03. The quantitative estimate of drug-likeness (QED) is 0.692. The Kier molecular flexibility index (Phi) is 7.64. The minimum absolute atomic E-state index is 0.0155. The average molecular weight is 408 g/mol. The molecule has 0 radical (unpaired) electrons. The molecule has 0 aliphatic heterocycles. The molecule has 0 bridgehead atoms. The van der Waals surface area contributed by atoms with Gasteiger partial charge in [-0.3, -0.25) is 9.59 Å². The minimum Gasteiger partial charge on any atom is -0.406 e. The molecule has 0 fully saturated rings. The number of carbonyl (C=O) groups excluding carboxylic acids is 2. The number of halogens is 3. The van der Waals surface area contributed by atoms with E-state index in [9.17, 15) is 22.8 Å². The molecule has 29 heavy (non-hydrogen) atoms. The van der Waals surface area contributed by atoms with E-state index in [0.717, 1.165) is 0 Å². The van der Waals surface area contributed by atoms with Crippen LogP contribution < -0.4 is 10.1 Å². The van der Waals surface area contributed by atoms with Gasteiger partial charge in [0.05, 0.1) is 0 Å². The van der Waals surface area contributed by atoms with Gasteiger partial charge in [-0.2, -0.15) is 0 Å². The Morgan fingerprint density at radius 2 is 1.62 bits per heavy atom. The van der Waals surface area contributed by atoms with Gasteiger partial charge in [-0.1, -0.05) is 18.2 Å². The number of nitrogens with one attached hydrogen (secondary N) is 1. The van der Waals surface area contributed by atoms with E-state index in [2.05, 4.69) is 10.1 Å². The molecule has 0 atom stereocenters. The molecule has 5 nitrogen and oxygen atoms in total. The van der Waals surface area contributed by atoms with Crippen LogP contribution in [0.1, 0.15) is 36.2 Å². The highest BCUT2D eigenvalue weighted by atomic mass is 19.4. The van der Waals surface area contributed by atoms with Gasteiger partial charge in [0.2, 0.25) is 5.91 Å². The second-order valence-electron chi connectivity index (χ2n) is 6.26. The summed E-state index contributed by atoms with van der Waals surface area (Å²) in [5, 5.41) is 2.68. The van der Waals surface area contributed by atoms with Gasteiger partial charge >= 0.3 is 6.36 Å². The molecule has 2 rings (SSSR count). The summed E-state index contributed by atoms with van der Waals surface area (Å²) >= 11 is 0. The number of nitrogens with zero attached hydrogens (tertiary/aromatic N) is 1. The first kappa shape index (κ1) is 22.3. The zero-order valence-electron chi connectivity index (χ0n) is 16.3. The Labute approximate surface area is 167 Å². The van der Waals surface area contributed by atoms with Crippen LogP contribution in [0.5, 0.6) is 5.75 Å². The van der Waals surface area contributed by atoms with Crippen LogP contribution in [0.25, 0.3) is 0 Å². The Balaban J connectivity index is 1.94. The summed E-state index contributed by atoms with van der Waals surface area (Å²) in [6.45, 7) is 5.00. The number of hydrogen-bond acceptors (Lipinski definition) is 3. The highest BCUT2D eigenvalue weighted by molar-refractivity contribution is 5.95. The van der Waals surface area contributed by atoms with Crippen LogP contribution in [-0.2, 0) is 11.2 Å². The van der Waals surface area contributed by atoms with Crippen molar-refractivity contribution < 1.29 is 27.5 Å². The highest BCUT2D eigenvalue weighted by Gasteiger charge is 2.31. The zero-order chi connectivity index (χ0) is 21.4. The van der Waals surface area contributed by atoms with Crippen LogP contribution in [0, 0.1) is 0 Å². The summed E-state index contributed by atoms with van der Waals surface area (Å²) in [5.41, 5.74) is 1.32. The fraction of sp³-hybridized carbons (Fsp3) is 0.333. The summed E-state index contributed by atoms with van der Waals surface area (Å²) in [5.74, 6) is -0.754. The van der Waals surface area contributed by atoms with E-state index in [0.29, 0.717) is 29.9 Å². The number of ether oxygens (including phenoxy) is 1. The molecule has 0 saturated carbocycles. The van der Waals surface area contributed by atoms with Gasteiger partial charge in [0.1, 0.15) is 5.75 Å². The van der Waals surface area contributed by atoms with Crippen LogP contribution >= 0.6 is 0 Å². The van der Waals surface area contributed by atoms with Crippen molar-refractivity contribution in [2.24, 2.45) is 0 Å². The predicted molar refractivity (Wildman–Crippen MR) is 104 cm³/mol. The van der Waals surface area contributed by atoms with Crippen molar-refractivity contribution in [2.75, 3.05) is 18.4 Å². The van der Waals surface area contributed by atoms with Gasteiger partial charge in [0.15, 0.2) is 0 Å². The number of amides is 2. The molecule has 0 heterocycles. The van der Waals surface area contributed by atoms with Gasteiger partial charge in [0.25, 0.3) is 5.91 Å². The van der Waals surface area contributed by atoms with Crippen molar-refractivity contribution in [1.29, 1.82) is 0 Å². The molecule has 156 valence electrons. The summed E-state index contributed by atoms with van der Waals surface area (Å²) in [7, 11) is 0. The Morgan fingerprint density at radius 3 is 2.21 bits per heavy atom. The minimum atomic E-state index is -4.79. The van der Waals surface area contributed by atoms with Crippen molar-refractivity contribution in [3.8, 4) is 5.75 Å². The van der Waals surface area contributed by atoms with E-state index in [1.54, 1.807) is 35.2 Å². The lowest BCUT2D eigenvalue weighted by molar-refractivity contribution is -0.274. The molecule has 0 unspecified atom stereocenters. The molecular formula is C21H23F3N2O3. The third-order valence-corrected chi connectivity index (χ3v) is 4.29. The lowest BCUT2D eigenvalue weighted by Crippen LogP contribution is -2.30. The van der Waals surface area contributed by atoms with Crippen molar-refractivity contribution in [3.05, 3.63) is 59.7 Å². The lowest BCUT2D eigenvalue weighted by atomic mass is 10.1. The number of benzene rings is 2. The number of aryl methyl sites for hydroxylation is 1.